The van der Waals surface area contributed by atoms with Gasteiger partial charge in [0.15, 0.2) is 0 Å². The molecule has 0 fully saturated rings. The molecule has 1 N–H and O–H groups in total. The van der Waals surface area contributed by atoms with E-state index in [0.29, 0.717) is 0 Å². The lowest BCUT2D eigenvalue weighted by molar-refractivity contribution is 0.300. The van der Waals surface area contributed by atoms with Crippen LogP contribution in [-0.4, -0.2) is 41.0 Å². The summed E-state index contributed by atoms with van der Waals surface area (Å²) in [5.41, 5.74) is 0.871. The van der Waals surface area contributed by atoms with Crippen molar-refractivity contribution in [1.29, 1.82) is 0 Å². The van der Waals surface area contributed by atoms with Crippen molar-refractivity contribution in [3.8, 4) is 0 Å². The summed E-state index contributed by atoms with van der Waals surface area (Å²) in [7, 11) is 0. The van der Waals surface area contributed by atoms with Gasteiger partial charge in [0.05, 0.1) is 5.52 Å². The third-order valence-electron chi connectivity index (χ3n) is 3.28. The summed E-state index contributed by atoms with van der Waals surface area (Å²) in [6.07, 6.45) is 1.18. The highest BCUT2D eigenvalue weighted by molar-refractivity contribution is 6.28. The average molecular weight is 293 g/mol. The molecule has 0 saturated heterocycles. The zero-order valence-electron chi connectivity index (χ0n) is 12.1. The van der Waals surface area contributed by atoms with Gasteiger partial charge in [0, 0.05) is 18.5 Å². The zero-order valence-corrected chi connectivity index (χ0v) is 12.8. The normalized spacial score (nSPS) is 11.2. The van der Waals surface area contributed by atoms with Crippen molar-refractivity contribution < 1.29 is 0 Å². The number of fused-ring (bicyclic) bond motifs is 1. The van der Waals surface area contributed by atoms with Gasteiger partial charge in [-0.1, -0.05) is 26.0 Å². The zero-order chi connectivity index (χ0) is 14.4. The lowest BCUT2D eigenvalue weighted by atomic mass is 10.2. The molecule has 0 unspecified atom stereocenters. The molecule has 1 aromatic heterocycles. The van der Waals surface area contributed by atoms with E-state index in [4.69, 9.17) is 11.6 Å². The van der Waals surface area contributed by atoms with E-state index < -0.39 is 0 Å². The minimum absolute atomic E-state index is 0.284. The van der Waals surface area contributed by atoms with Crippen LogP contribution in [0.4, 0.5) is 5.82 Å². The predicted octanol–water partition coefficient (Wildman–Crippen LogP) is 3.43. The van der Waals surface area contributed by atoms with Gasteiger partial charge in [-0.25, -0.2) is 9.97 Å². The van der Waals surface area contributed by atoms with Gasteiger partial charge >= 0.3 is 0 Å². The van der Waals surface area contributed by atoms with Gasteiger partial charge < -0.3 is 10.2 Å². The smallest absolute Gasteiger partial charge is 0.224 e. The summed E-state index contributed by atoms with van der Waals surface area (Å²) < 4.78 is 0. The van der Waals surface area contributed by atoms with Crippen molar-refractivity contribution >= 4 is 28.3 Å². The van der Waals surface area contributed by atoms with Crippen LogP contribution in [0, 0.1) is 0 Å². The van der Waals surface area contributed by atoms with Gasteiger partial charge in [0.25, 0.3) is 0 Å². The molecule has 2 rings (SSSR count). The SMILES string of the molecule is CCCN(CC)CCNc1nc(Cl)nc2ccccc12. The Morgan fingerprint density at radius 1 is 1.15 bits per heavy atom. The number of benzene rings is 1. The number of hydrogen-bond acceptors (Lipinski definition) is 4. The van der Waals surface area contributed by atoms with Crippen LogP contribution in [0.1, 0.15) is 20.3 Å². The minimum atomic E-state index is 0.284. The number of para-hydroxylation sites is 1. The Bertz CT molecular complexity index is 559. The standard InChI is InChI=1S/C15H21ClN4/c1-3-10-20(4-2)11-9-17-14-12-7-5-6-8-13(12)18-15(16)19-14/h5-8H,3-4,9-11H2,1-2H3,(H,17,18,19). The highest BCUT2D eigenvalue weighted by Crippen LogP contribution is 2.21. The minimum Gasteiger partial charge on any atom is -0.368 e. The first-order valence-electron chi connectivity index (χ1n) is 7.13. The molecule has 20 heavy (non-hydrogen) atoms. The summed E-state index contributed by atoms with van der Waals surface area (Å²) in [4.78, 5) is 10.9. The Hall–Kier alpha value is -1.39. The van der Waals surface area contributed by atoms with Gasteiger partial charge in [0.2, 0.25) is 5.28 Å². The van der Waals surface area contributed by atoms with Crippen LogP contribution >= 0.6 is 11.6 Å². The predicted molar refractivity (Wildman–Crippen MR) is 85.4 cm³/mol. The van der Waals surface area contributed by atoms with Crippen molar-refractivity contribution in [2.45, 2.75) is 20.3 Å². The molecule has 4 nitrogen and oxygen atoms in total. The van der Waals surface area contributed by atoms with E-state index in [1.807, 2.05) is 24.3 Å². The number of anilines is 1. The van der Waals surface area contributed by atoms with Gasteiger partial charge in [-0.15, -0.1) is 0 Å². The lowest BCUT2D eigenvalue weighted by Crippen LogP contribution is -2.29. The second-order valence-electron chi connectivity index (χ2n) is 4.72. The quantitative estimate of drug-likeness (QED) is 0.794. The molecule has 1 aromatic carbocycles. The first kappa shape index (κ1) is 15.0. The molecule has 0 aliphatic carbocycles. The van der Waals surface area contributed by atoms with Crippen LogP contribution in [0.2, 0.25) is 5.28 Å². The van der Waals surface area contributed by atoms with Crippen molar-refractivity contribution in [2.75, 3.05) is 31.5 Å². The second-order valence-corrected chi connectivity index (χ2v) is 5.06. The number of nitrogens with one attached hydrogen (secondary N) is 1. The Kier molecular flexibility index (Phi) is 5.56. The van der Waals surface area contributed by atoms with E-state index in [-0.39, 0.29) is 5.28 Å². The molecule has 5 heteroatoms. The van der Waals surface area contributed by atoms with Crippen molar-refractivity contribution in [3.63, 3.8) is 0 Å². The number of rotatable bonds is 7. The number of nitrogens with zero attached hydrogens (tertiary/aromatic N) is 3. The topological polar surface area (TPSA) is 41.0 Å². The third kappa shape index (κ3) is 3.81. The van der Waals surface area contributed by atoms with Crippen molar-refractivity contribution in [3.05, 3.63) is 29.5 Å². The molecule has 0 saturated carbocycles. The number of halogens is 1. The van der Waals surface area contributed by atoms with Crippen molar-refractivity contribution in [1.82, 2.24) is 14.9 Å². The number of aromatic nitrogens is 2. The van der Waals surface area contributed by atoms with Crippen LogP contribution in [-0.2, 0) is 0 Å². The summed E-state index contributed by atoms with van der Waals surface area (Å²) >= 11 is 5.97. The Labute approximate surface area is 125 Å². The number of hydrogen-bond donors (Lipinski definition) is 1. The molecule has 0 aliphatic rings. The fourth-order valence-electron chi connectivity index (χ4n) is 2.26. The molecule has 0 bridgehead atoms. The fourth-order valence-corrected chi connectivity index (χ4v) is 2.44. The molecule has 0 aliphatic heterocycles. The summed E-state index contributed by atoms with van der Waals surface area (Å²) in [6.45, 7) is 8.44. The molecule has 0 atom stereocenters. The molecular weight excluding hydrogens is 272 g/mol. The van der Waals surface area contributed by atoms with Gasteiger partial charge in [-0.3, -0.25) is 0 Å². The van der Waals surface area contributed by atoms with Crippen LogP contribution in [0.5, 0.6) is 0 Å². The monoisotopic (exact) mass is 292 g/mol. The second kappa shape index (κ2) is 7.41. The largest absolute Gasteiger partial charge is 0.368 e. The van der Waals surface area contributed by atoms with E-state index in [1.165, 1.54) is 6.42 Å². The third-order valence-corrected chi connectivity index (χ3v) is 3.45. The van der Waals surface area contributed by atoms with Crippen LogP contribution in [0.25, 0.3) is 10.9 Å². The first-order valence-corrected chi connectivity index (χ1v) is 7.51. The van der Waals surface area contributed by atoms with E-state index in [9.17, 15) is 0 Å². The van der Waals surface area contributed by atoms with Gasteiger partial charge in [-0.05, 0) is 43.2 Å². The fraction of sp³-hybridized carbons (Fsp3) is 0.467. The van der Waals surface area contributed by atoms with Gasteiger partial charge in [0.1, 0.15) is 5.82 Å². The van der Waals surface area contributed by atoms with E-state index in [2.05, 4.69) is 34.0 Å². The van der Waals surface area contributed by atoms with E-state index >= 15 is 0 Å². The van der Waals surface area contributed by atoms with Gasteiger partial charge in [-0.2, -0.15) is 0 Å². The van der Waals surface area contributed by atoms with Crippen LogP contribution in [0.3, 0.4) is 0 Å². The molecule has 1 heterocycles. The Morgan fingerprint density at radius 3 is 2.70 bits per heavy atom. The first-order chi connectivity index (χ1) is 9.74. The maximum absolute atomic E-state index is 5.97. The summed E-state index contributed by atoms with van der Waals surface area (Å²) in [5, 5.41) is 4.67. The Morgan fingerprint density at radius 2 is 1.95 bits per heavy atom. The highest BCUT2D eigenvalue weighted by Gasteiger charge is 2.06. The van der Waals surface area contributed by atoms with Crippen molar-refractivity contribution in [2.24, 2.45) is 0 Å². The molecule has 2 aromatic rings. The maximum atomic E-state index is 5.97. The Balaban J connectivity index is 2.06. The summed E-state index contributed by atoms with van der Waals surface area (Å²) in [6, 6.07) is 7.90. The lowest BCUT2D eigenvalue weighted by Gasteiger charge is -2.20. The molecule has 0 spiro atoms. The van der Waals surface area contributed by atoms with E-state index in [1.54, 1.807) is 0 Å². The molecule has 108 valence electrons. The van der Waals surface area contributed by atoms with Crippen LogP contribution < -0.4 is 5.32 Å². The molecule has 0 radical (unpaired) electrons. The highest BCUT2D eigenvalue weighted by atomic mass is 35.5. The van der Waals surface area contributed by atoms with E-state index in [0.717, 1.165) is 42.9 Å². The molecular formula is C15H21ClN4. The summed E-state index contributed by atoms with van der Waals surface area (Å²) in [5.74, 6) is 0.813. The number of likely N-dealkylation sites (N-methyl/N-ethyl adjacent to an activating group) is 1. The maximum Gasteiger partial charge on any atom is 0.224 e. The average Bonchev–Trinajstić information content (AvgIpc) is 2.46. The molecule has 0 amide bonds. The van der Waals surface area contributed by atoms with Crippen LogP contribution in [0.15, 0.2) is 24.3 Å².